The number of aliphatic imine (C=N–C) groups is 1. The van der Waals surface area contributed by atoms with Crippen molar-refractivity contribution >= 4 is 6.21 Å². The van der Waals surface area contributed by atoms with E-state index in [1.807, 2.05) is 6.07 Å². The standard InChI is InChI=1S/C9H7N3O/c10-3-7-4-12-6-8-5-11-1-2-13-9(7)8/h4-6H,1-2H2. The molecule has 2 rings (SSSR count). The molecule has 0 saturated heterocycles. The van der Waals surface area contributed by atoms with Gasteiger partial charge < -0.3 is 4.74 Å². The third-order valence-electron chi connectivity index (χ3n) is 1.74. The Kier molecular flexibility index (Phi) is 1.93. The predicted molar refractivity (Wildman–Crippen MR) is 46.9 cm³/mol. The molecule has 2 heterocycles. The summed E-state index contributed by atoms with van der Waals surface area (Å²) in [5, 5.41) is 8.77. The largest absolute Gasteiger partial charge is 0.489 e. The highest BCUT2D eigenvalue weighted by Gasteiger charge is 2.10. The SMILES string of the molecule is N#Cc1cncc2c1OCCN=C2. The molecule has 0 spiro atoms. The van der Waals surface area contributed by atoms with E-state index in [4.69, 9.17) is 10.00 Å². The molecule has 1 aromatic heterocycles. The van der Waals surface area contributed by atoms with Crippen LogP contribution < -0.4 is 4.74 Å². The summed E-state index contributed by atoms with van der Waals surface area (Å²) in [7, 11) is 0. The highest BCUT2D eigenvalue weighted by Crippen LogP contribution is 2.21. The van der Waals surface area contributed by atoms with Gasteiger partial charge in [0, 0.05) is 18.6 Å². The van der Waals surface area contributed by atoms with Crippen LogP contribution in [0.3, 0.4) is 0 Å². The number of pyridine rings is 1. The van der Waals surface area contributed by atoms with Crippen molar-refractivity contribution < 1.29 is 4.74 Å². The van der Waals surface area contributed by atoms with Crippen molar-refractivity contribution in [3.63, 3.8) is 0 Å². The van der Waals surface area contributed by atoms with E-state index in [0.717, 1.165) is 5.56 Å². The Labute approximate surface area is 75.5 Å². The lowest BCUT2D eigenvalue weighted by Crippen LogP contribution is -2.01. The van der Waals surface area contributed by atoms with E-state index >= 15 is 0 Å². The summed E-state index contributed by atoms with van der Waals surface area (Å²) < 4.78 is 5.38. The Hall–Kier alpha value is -1.89. The van der Waals surface area contributed by atoms with Crippen LogP contribution in [-0.4, -0.2) is 24.4 Å². The first kappa shape index (κ1) is 7.74. The van der Waals surface area contributed by atoms with Crippen molar-refractivity contribution in [3.8, 4) is 11.8 Å². The topological polar surface area (TPSA) is 58.3 Å². The summed E-state index contributed by atoms with van der Waals surface area (Å²) in [5.74, 6) is 0.596. The van der Waals surface area contributed by atoms with Crippen LogP contribution in [-0.2, 0) is 0 Å². The lowest BCUT2D eigenvalue weighted by atomic mass is 10.2. The van der Waals surface area contributed by atoms with Gasteiger partial charge in [-0.25, -0.2) is 0 Å². The maximum absolute atomic E-state index is 8.77. The minimum Gasteiger partial charge on any atom is -0.489 e. The number of ether oxygens (including phenoxy) is 1. The van der Waals surface area contributed by atoms with Crippen LogP contribution in [0.25, 0.3) is 0 Å². The second-order valence-electron chi connectivity index (χ2n) is 2.60. The molecule has 4 nitrogen and oxygen atoms in total. The zero-order chi connectivity index (χ0) is 9.10. The van der Waals surface area contributed by atoms with Gasteiger partial charge in [-0.3, -0.25) is 9.98 Å². The second kappa shape index (κ2) is 3.23. The Morgan fingerprint density at radius 2 is 2.38 bits per heavy atom. The number of rotatable bonds is 0. The van der Waals surface area contributed by atoms with E-state index in [0.29, 0.717) is 24.5 Å². The predicted octanol–water partition coefficient (Wildman–Crippen LogP) is 0.765. The molecule has 4 heteroatoms. The van der Waals surface area contributed by atoms with E-state index in [2.05, 4.69) is 9.98 Å². The number of fused-ring (bicyclic) bond motifs is 1. The van der Waals surface area contributed by atoms with Gasteiger partial charge in [0.15, 0.2) is 0 Å². The molecule has 0 atom stereocenters. The zero-order valence-electron chi connectivity index (χ0n) is 6.90. The highest BCUT2D eigenvalue weighted by molar-refractivity contribution is 5.84. The van der Waals surface area contributed by atoms with Crippen LogP contribution in [0.15, 0.2) is 17.4 Å². The third-order valence-corrected chi connectivity index (χ3v) is 1.74. The minimum absolute atomic E-state index is 0.464. The minimum atomic E-state index is 0.464. The molecule has 1 aliphatic heterocycles. The van der Waals surface area contributed by atoms with Gasteiger partial charge in [-0.1, -0.05) is 0 Å². The molecule has 0 fully saturated rings. The Morgan fingerprint density at radius 3 is 3.23 bits per heavy atom. The molecule has 13 heavy (non-hydrogen) atoms. The first-order chi connectivity index (χ1) is 6.42. The van der Waals surface area contributed by atoms with Gasteiger partial charge >= 0.3 is 0 Å². The average Bonchev–Trinajstić information content (AvgIpc) is 2.41. The molecule has 0 bridgehead atoms. The molecular weight excluding hydrogens is 166 g/mol. The Morgan fingerprint density at radius 1 is 1.46 bits per heavy atom. The summed E-state index contributed by atoms with van der Waals surface area (Å²) in [6, 6.07) is 2.03. The molecule has 0 saturated carbocycles. The molecule has 1 aliphatic rings. The maximum Gasteiger partial charge on any atom is 0.149 e. The van der Waals surface area contributed by atoms with Gasteiger partial charge in [-0.05, 0) is 0 Å². The molecule has 0 aliphatic carbocycles. The van der Waals surface area contributed by atoms with Gasteiger partial charge in [0.25, 0.3) is 0 Å². The number of hydrogen-bond donors (Lipinski definition) is 0. The summed E-state index contributed by atoms with van der Waals surface area (Å²) in [5.41, 5.74) is 1.24. The second-order valence-corrected chi connectivity index (χ2v) is 2.60. The molecule has 0 amide bonds. The van der Waals surface area contributed by atoms with Crippen molar-refractivity contribution in [2.45, 2.75) is 0 Å². The molecule has 0 N–H and O–H groups in total. The Bertz CT molecular complexity index is 392. The summed E-state index contributed by atoms with van der Waals surface area (Å²) in [4.78, 5) is 8.00. The fraction of sp³-hybridized carbons (Fsp3) is 0.222. The van der Waals surface area contributed by atoms with Crippen molar-refractivity contribution in [1.29, 1.82) is 5.26 Å². The van der Waals surface area contributed by atoms with Gasteiger partial charge in [0.05, 0.1) is 12.1 Å². The van der Waals surface area contributed by atoms with Crippen LogP contribution in [0.2, 0.25) is 0 Å². The first-order valence-corrected chi connectivity index (χ1v) is 3.92. The van der Waals surface area contributed by atoms with Gasteiger partial charge in [0.1, 0.15) is 24.0 Å². The van der Waals surface area contributed by atoms with Crippen LogP contribution in [0.1, 0.15) is 11.1 Å². The molecule has 0 radical (unpaired) electrons. The lowest BCUT2D eigenvalue weighted by molar-refractivity contribution is 0.330. The lowest BCUT2D eigenvalue weighted by Gasteiger charge is -2.05. The quantitative estimate of drug-likeness (QED) is 0.582. The fourth-order valence-corrected chi connectivity index (χ4v) is 1.16. The van der Waals surface area contributed by atoms with Crippen molar-refractivity contribution in [3.05, 3.63) is 23.5 Å². The van der Waals surface area contributed by atoms with Crippen LogP contribution >= 0.6 is 0 Å². The number of nitriles is 1. The normalized spacial score (nSPS) is 13.8. The monoisotopic (exact) mass is 173 g/mol. The molecule has 1 aromatic rings. The molecule has 0 aromatic carbocycles. The summed E-state index contributed by atoms with van der Waals surface area (Å²) in [6.45, 7) is 1.14. The van der Waals surface area contributed by atoms with Crippen LogP contribution in [0.4, 0.5) is 0 Å². The van der Waals surface area contributed by atoms with E-state index < -0.39 is 0 Å². The molecule has 0 unspecified atom stereocenters. The zero-order valence-corrected chi connectivity index (χ0v) is 6.90. The van der Waals surface area contributed by atoms with Crippen LogP contribution in [0, 0.1) is 11.3 Å². The number of aromatic nitrogens is 1. The smallest absolute Gasteiger partial charge is 0.149 e. The molecule has 64 valence electrons. The van der Waals surface area contributed by atoms with E-state index in [9.17, 15) is 0 Å². The molecular formula is C9H7N3O. The van der Waals surface area contributed by atoms with Gasteiger partial charge in [-0.15, -0.1) is 0 Å². The fourth-order valence-electron chi connectivity index (χ4n) is 1.16. The first-order valence-electron chi connectivity index (χ1n) is 3.92. The average molecular weight is 173 g/mol. The highest BCUT2D eigenvalue weighted by atomic mass is 16.5. The third kappa shape index (κ3) is 1.36. The number of hydrogen-bond acceptors (Lipinski definition) is 4. The summed E-state index contributed by atoms with van der Waals surface area (Å²) >= 11 is 0. The van der Waals surface area contributed by atoms with Crippen molar-refractivity contribution in [1.82, 2.24) is 4.98 Å². The van der Waals surface area contributed by atoms with E-state index in [-0.39, 0.29) is 0 Å². The van der Waals surface area contributed by atoms with E-state index in [1.165, 1.54) is 6.20 Å². The number of nitrogens with zero attached hydrogens (tertiary/aromatic N) is 3. The van der Waals surface area contributed by atoms with Gasteiger partial charge in [-0.2, -0.15) is 5.26 Å². The van der Waals surface area contributed by atoms with E-state index in [1.54, 1.807) is 12.4 Å². The maximum atomic E-state index is 8.77. The van der Waals surface area contributed by atoms with Gasteiger partial charge in [0.2, 0.25) is 0 Å². The van der Waals surface area contributed by atoms with Crippen LogP contribution in [0.5, 0.6) is 5.75 Å². The van der Waals surface area contributed by atoms with Crippen molar-refractivity contribution in [2.75, 3.05) is 13.2 Å². The Balaban J connectivity index is 2.57. The summed E-state index contributed by atoms with van der Waals surface area (Å²) in [6.07, 6.45) is 4.83. The van der Waals surface area contributed by atoms with Crippen molar-refractivity contribution in [2.24, 2.45) is 4.99 Å².